The molecule has 0 amide bonds. The van der Waals surface area contributed by atoms with E-state index in [1.54, 1.807) is 0 Å². The summed E-state index contributed by atoms with van der Waals surface area (Å²) in [5, 5.41) is 23.1. The van der Waals surface area contributed by atoms with Crippen molar-refractivity contribution >= 4 is 34.9 Å². The quantitative estimate of drug-likeness (QED) is 0.183. The average Bonchev–Trinajstić information content (AvgIpc) is 2.89. The summed E-state index contributed by atoms with van der Waals surface area (Å²) in [6.07, 6.45) is -6.22. The number of benzene rings is 2. The summed E-state index contributed by atoms with van der Waals surface area (Å²) >= 11 is 0. The van der Waals surface area contributed by atoms with Gasteiger partial charge in [0.1, 0.15) is 22.8 Å². The molecule has 2 heterocycles. The molecule has 40 heavy (non-hydrogen) atoms. The Kier molecular flexibility index (Phi) is 8.93. The van der Waals surface area contributed by atoms with Gasteiger partial charge in [-0.1, -0.05) is 12.1 Å². The Balaban J connectivity index is 0.000000220. The third-order valence-electron chi connectivity index (χ3n) is 4.98. The van der Waals surface area contributed by atoms with Crippen molar-refractivity contribution in [3.63, 3.8) is 0 Å². The van der Waals surface area contributed by atoms with Crippen LogP contribution in [0.2, 0.25) is 0 Å². The molecule has 0 saturated heterocycles. The van der Waals surface area contributed by atoms with Gasteiger partial charge in [0.25, 0.3) is 0 Å². The second-order valence-electron chi connectivity index (χ2n) is 7.82. The molecule has 0 bridgehead atoms. The fourth-order valence-corrected chi connectivity index (χ4v) is 3.17. The standard InChI is InChI=1S/2C13H9F3N2O2/c2*14-13(15,16)8-3-1-4-9(7-8)18-11-10(12(19)20)5-2-6-17-11/h2*1-7H,(H,17,18)(H,19,20). The Morgan fingerprint density at radius 1 is 0.600 bits per heavy atom. The Morgan fingerprint density at radius 3 is 1.30 bits per heavy atom. The van der Waals surface area contributed by atoms with E-state index in [4.69, 9.17) is 10.2 Å². The van der Waals surface area contributed by atoms with Crippen molar-refractivity contribution in [1.82, 2.24) is 9.97 Å². The van der Waals surface area contributed by atoms with Gasteiger partial charge in [-0.05, 0) is 60.7 Å². The van der Waals surface area contributed by atoms with Gasteiger partial charge in [-0.25, -0.2) is 19.6 Å². The number of aromatic carboxylic acids is 2. The number of halogens is 6. The Hall–Kier alpha value is -5.14. The number of carboxylic acids is 2. The van der Waals surface area contributed by atoms with Crippen LogP contribution in [-0.4, -0.2) is 32.1 Å². The summed E-state index contributed by atoms with van der Waals surface area (Å²) in [5.41, 5.74) is -1.66. The molecule has 8 nitrogen and oxygen atoms in total. The maximum Gasteiger partial charge on any atom is 0.416 e. The zero-order valence-electron chi connectivity index (χ0n) is 20.0. The number of aromatic nitrogens is 2. The van der Waals surface area contributed by atoms with E-state index >= 15 is 0 Å². The number of nitrogens with zero attached hydrogens (tertiary/aromatic N) is 2. The highest BCUT2D eigenvalue weighted by Gasteiger charge is 2.31. The van der Waals surface area contributed by atoms with Crippen LogP contribution in [0.3, 0.4) is 0 Å². The predicted molar refractivity (Wildman–Crippen MR) is 132 cm³/mol. The van der Waals surface area contributed by atoms with Gasteiger partial charge in [-0.3, -0.25) is 0 Å². The molecule has 2 aromatic carbocycles. The molecule has 0 spiro atoms. The molecular formula is C26H18F6N4O4. The predicted octanol–water partition coefficient (Wildman–Crippen LogP) is 7.08. The molecule has 208 valence electrons. The monoisotopic (exact) mass is 564 g/mol. The van der Waals surface area contributed by atoms with Crippen LogP contribution < -0.4 is 10.6 Å². The topological polar surface area (TPSA) is 124 Å². The lowest BCUT2D eigenvalue weighted by molar-refractivity contribution is -0.138. The van der Waals surface area contributed by atoms with E-state index in [0.717, 1.165) is 24.3 Å². The van der Waals surface area contributed by atoms with Crippen molar-refractivity contribution in [1.29, 1.82) is 0 Å². The molecule has 0 saturated carbocycles. The van der Waals surface area contributed by atoms with E-state index in [9.17, 15) is 35.9 Å². The van der Waals surface area contributed by atoms with E-state index in [2.05, 4.69) is 20.6 Å². The maximum atomic E-state index is 12.6. The second-order valence-corrected chi connectivity index (χ2v) is 7.82. The number of nitrogens with one attached hydrogen (secondary N) is 2. The Bertz CT molecular complexity index is 1400. The molecule has 0 aliphatic rings. The number of hydrogen-bond donors (Lipinski definition) is 4. The molecule has 4 aromatic rings. The molecule has 14 heteroatoms. The van der Waals surface area contributed by atoms with Gasteiger partial charge in [0.05, 0.1) is 11.1 Å². The third kappa shape index (κ3) is 7.93. The van der Waals surface area contributed by atoms with Crippen molar-refractivity contribution in [3.05, 3.63) is 107 Å². The minimum Gasteiger partial charge on any atom is -0.478 e. The van der Waals surface area contributed by atoms with Crippen molar-refractivity contribution in [2.24, 2.45) is 0 Å². The van der Waals surface area contributed by atoms with Crippen molar-refractivity contribution in [2.75, 3.05) is 10.6 Å². The van der Waals surface area contributed by atoms with E-state index in [1.807, 2.05) is 0 Å². The summed E-state index contributed by atoms with van der Waals surface area (Å²) in [5.74, 6) is -2.46. The highest BCUT2D eigenvalue weighted by molar-refractivity contribution is 5.94. The highest BCUT2D eigenvalue weighted by Crippen LogP contribution is 2.32. The van der Waals surface area contributed by atoms with Gasteiger partial charge >= 0.3 is 24.3 Å². The summed E-state index contributed by atoms with van der Waals surface area (Å²) in [6.45, 7) is 0. The Labute approximate surface area is 222 Å². The van der Waals surface area contributed by atoms with Crippen LogP contribution >= 0.6 is 0 Å². The van der Waals surface area contributed by atoms with Crippen LogP contribution in [0.4, 0.5) is 49.4 Å². The largest absolute Gasteiger partial charge is 0.478 e. The first-order valence-electron chi connectivity index (χ1n) is 11.0. The number of anilines is 4. The van der Waals surface area contributed by atoms with Crippen molar-refractivity contribution in [3.8, 4) is 0 Å². The van der Waals surface area contributed by atoms with Crippen molar-refractivity contribution in [2.45, 2.75) is 12.4 Å². The molecular weight excluding hydrogens is 546 g/mol. The molecule has 0 radical (unpaired) electrons. The molecule has 0 aliphatic carbocycles. The van der Waals surface area contributed by atoms with Crippen LogP contribution in [0.15, 0.2) is 85.2 Å². The first kappa shape index (κ1) is 29.4. The number of hydrogen-bond acceptors (Lipinski definition) is 6. The smallest absolute Gasteiger partial charge is 0.416 e. The molecule has 0 atom stereocenters. The zero-order valence-corrected chi connectivity index (χ0v) is 20.0. The van der Waals surface area contributed by atoms with Crippen LogP contribution in [-0.2, 0) is 12.4 Å². The second kappa shape index (κ2) is 12.1. The highest BCUT2D eigenvalue weighted by atomic mass is 19.4. The number of alkyl halides is 6. The fraction of sp³-hybridized carbons (Fsp3) is 0.0769. The number of carboxylic acid groups (broad SMARTS) is 2. The molecule has 4 rings (SSSR count). The molecule has 0 unspecified atom stereocenters. The van der Waals surface area contributed by atoms with Gasteiger partial charge in [0.2, 0.25) is 0 Å². The minimum absolute atomic E-state index is 0.0145. The first-order valence-corrected chi connectivity index (χ1v) is 11.0. The summed E-state index contributed by atoms with van der Waals surface area (Å²) in [6, 6.07) is 14.4. The van der Waals surface area contributed by atoms with E-state index in [-0.39, 0.29) is 34.1 Å². The maximum absolute atomic E-state index is 12.6. The van der Waals surface area contributed by atoms with Crippen LogP contribution in [0.5, 0.6) is 0 Å². The van der Waals surface area contributed by atoms with Crippen LogP contribution in [0.25, 0.3) is 0 Å². The number of pyridine rings is 2. The Morgan fingerprint density at radius 2 is 0.975 bits per heavy atom. The molecule has 0 fully saturated rings. The lowest BCUT2D eigenvalue weighted by Crippen LogP contribution is -2.07. The summed E-state index contributed by atoms with van der Waals surface area (Å²) < 4.78 is 75.5. The molecule has 4 N–H and O–H groups in total. The van der Waals surface area contributed by atoms with Gasteiger partial charge < -0.3 is 20.8 Å². The fourth-order valence-electron chi connectivity index (χ4n) is 3.17. The van der Waals surface area contributed by atoms with Gasteiger partial charge in [-0.2, -0.15) is 26.3 Å². The summed E-state index contributed by atoms with van der Waals surface area (Å²) in [7, 11) is 0. The third-order valence-corrected chi connectivity index (χ3v) is 4.98. The van der Waals surface area contributed by atoms with Gasteiger partial charge in [0, 0.05) is 23.8 Å². The van der Waals surface area contributed by atoms with E-state index in [0.29, 0.717) is 0 Å². The zero-order chi connectivity index (χ0) is 29.5. The number of rotatable bonds is 6. The van der Waals surface area contributed by atoms with Crippen LogP contribution in [0.1, 0.15) is 31.8 Å². The normalized spacial score (nSPS) is 11.2. The lowest BCUT2D eigenvalue weighted by Gasteiger charge is -2.11. The average molecular weight is 564 g/mol. The first-order chi connectivity index (χ1) is 18.8. The SMILES string of the molecule is O=C(O)c1cccnc1Nc1cccc(C(F)(F)F)c1.O=C(O)c1cccnc1Nc1cccc(C(F)(F)F)c1. The van der Waals surface area contributed by atoms with Crippen molar-refractivity contribution < 1.29 is 46.1 Å². The van der Waals surface area contributed by atoms with Gasteiger partial charge in [-0.15, -0.1) is 0 Å². The molecule has 2 aromatic heterocycles. The van der Waals surface area contributed by atoms with Gasteiger partial charge in [0.15, 0.2) is 0 Å². The molecule has 0 aliphatic heterocycles. The van der Waals surface area contributed by atoms with Crippen LogP contribution in [0, 0.1) is 0 Å². The number of carbonyl (C=O) groups is 2. The summed E-state index contributed by atoms with van der Waals surface area (Å²) in [4.78, 5) is 29.6. The lowest BCUT2D eigenvalue weighted by atomic mass is 10.2. The minimum atomic E-state index is -4.46. The van der Waals surface area contributed by atoms with E-state index < -0.39 is 35.4 Å². The van der Waals surface area contributed by atoms with E-state index in [1.165, 1.54) is 60.9 Å².